The van der Waals surface area contributed by atoms with Crippen LogP contribution in [0.4, 0.5) is 10.1 Å². The van der Waals surface area contributed by atoms with E-state index in [4.69, 9.17) is 0 Å². The Morgan fingerprint density at radius 1 is 1.44 bits per heavy atom. The normalized spacial score (nSPS) is 19.6. The van der Waals surface area contributed by atoms with Gasteiger partial charge >= 0.3 is 0 Å². The molecule has 0 saturated carbocycles. The zero-order chi connectivity index (χ0) is 12.1. The minimum Gasteiger partial charge on any atom is -0.386 e. The van der Waals surface area contributed by atoms with Crippen molar-refractivity contribution in [3.8, 4) is 0 Å². The maximum atomic E-state index is 13.7. The van der Waals surface area contributed by atoms with Crippen molar-refractivity contribution in [1.82, 2.24) is 0 Å². The van der Waals surface area contributed by atoms with Gasteiger partial charge in [0.1, 0.15) is 5.82 Å². The number of halogens is 1. The van der Waals surface area contributed by atoms with Crippen molar-refractivity contribution in [2.45, 2.75) is 32.3 Å². The first kappa shape index (κ1) is 11.1. The third-order valence-electron chi connectivity index (χ3n) is 2.94. The van der Waals surface area contributed by atoms with Crippen LogP contribution < -0.4 is 5.32 Å². The smallest absolute Gasteiger partial charge is 0.231 e. The molecule has 0 fully saturated rings. The van der Waals surface area contributed by atoms with E-state index in [0.29, 0.717) is 11.1 Å². The topological polar surface area (TPSA) is 49.3 Å². The highest BCUT2D eigenvalue weighted by atomic mass is 19.1. The molecule has 0 aliphatic carbocycles. The quantitative estimate of drug-likeness (QED) is 0.766. The summed E-state index contributed by atoms with van der Waals surface area (Å²) in [7, 11) is 0. The van der Waals surface area contributed by atoms with Crippen molar-refractivity contribution in [3.63, 3.8) is 0 Å². The lowest BCUT2D eigenvalue weighted by molar-refractivity contribution is -0.116. The molecule has 0 radical (unpaired) electrons. The Hall–Kier alpha value is -1.42. The molecule has 3 nitrogen and oxygen atoms in total. The maximum Gasteiger partial charge on any atom is 0.231 e. The third-order valence-corrected chi connectivity index (χ3v) is 2.94. The number of aliphatic hydroxyl groups is 1. The summed E-state index contributed by atoms with van der Waals surface area (Å²) in [5.74, 6) is -1.07. The summed E-state index contributed by atoms with van der Waals surface area (Å²) < 4.78 is 13.7. The van der Waals surface area contributed by atoms with Crippen molar-refractivity contribution in [1.29, 1.82) is 0 Å². The van der Waals surface area contributed by atoms with E-state index < -0.39 is 11.4 Å². The van der Waals surface area contributed by atoms with Gasteiger partial charge in [0.05, 0.1) is 17.2 Å². The summed E-state index contributed by atoms with van der Waals surface area (Å²) in [6, 6.07) is 2.94. The number of hydrogen-bond acceptors (Lipinski definition) is 2. The van der Waals surface area contributed by atoms with Gasteiger partial charge in [-0.3, -0.25) is 4.79 Å². The summed E-state index contributed by atoms with van der Waals surface area (Å²) in [5, 5.41) is 12.3. The molecular weight excluding hydrogens is 209 g/mol. The van der Waals surface area contributed by atoms with Crippen molar-refractivity contribution < 1.29 is 14.3 Å². The molecule has 0 spiro atoms. The Morgan fingerprint density at radius 2 is 2.06 bits per heavy atom. The number of benzene rings is 1. The van der Waals surface area contributed by atoms with Gasteiger partial charge in [-0.2, -0.15) is 0 Å². The highest BCUT2D eigenvalue weighted by Crippen LogP contribution is 2.37. The maximum absolute atomic E-state index is 13.7. The van der Waals surface area contributed by atoms with Crippen LogP contribution in [0.2, 0.25) is 0 Å². The van der Waals surface area contributed by atoms with E-state index in [9.17, 15) is 14.3 Å². The summed E-state index contributed by atoms with van der Waals surface area (Å²) in [5.41, 5.74) is 0.223. The molecule has 4 heteroatoms. The summed E-state index contributed by atoms with van der Waals surface area (Å²) in [6.45, 7) is 4.89. The Morgan fingerprint density at radius 3 is 2.62 bits per heavy atom. The predicted molar refractivity (Wildman–Crippen MR) is 58.7 cm³/mol. The van der Waals surface area contributed by atoms with Crippen LogP contribution in [0.5, 0.6) is 0 Å². The molecule has 1 aliphatic rings. The number of hydrogen-bond donors (Lipinski definition) is 2. The van der Waals surface area contributed by atoms with Crippen molar-refractivity contribution in [2.75, 3.05) is 5.32 Å². The number of amides is 1. The molecule has 1 aromatic rings. The van der Waals surface area contributed by atoms with Crippen molar-refractivity contribution >= 4 is 11.6 Å². The zero-order valence-electron chi connectivity index (χ0n) is 9.47. The Labute approximate surface area is 93.3 Å². The highest BCUT2D eigenvalue weighted by Gasteiger charge is 2.31. The van der Waals surface area contributed by atoms with Crippen LogP contribution in [0.1, 0.15) is 37.8 Å². The molecule has 0 saturated heterocycles. The lowest BCUT2D eigenvalue weighted by Gasteiger charge is -2.19. The molecular formula is C12H14FNO2. The average Bonchev–Trinajstić information content (AvgIpc) is 2.44. The standard InChI is InChI=1S/C12H14FNO2/c1-6-8-4-7(12(2,3)16)5-9(13)10(8)14-11(6)15/h4-6,16H,1-3H3,(H,14,15). The fraction of sp³-hybridized carbons (Fsp3) is 0.417. The first-order valence-corrected chi connectivity index (χ1v) is 5.18. The van der Waals surface area contributed by atoms with Crippen molar-refractivity contribution in [3.05, 3.63) is 29.1 Å². The molecule has 1 unspecified atom stereocenters. The SMILES string of the molecule is CC1C(=O)Nc2c(F)cc(C(C)(C)O)cc21. The Kier molecular flexibility index (Phi) is 2.27. The summed E-state index contributed by atoms with van der Waals surface area (Å²) >= 11 is 0. The first-order valence-electron chi connectivity index (χ1n) is 5.18. The predicted octanol–water partition coefficient (Wildman–Crippen LogP) is 2.11. The first-order chi connectivity index (χ1) is 7.30. The number of anilines is 1. The highest BCUT2D eigenvalue weighted by molar-refractivity contribution is 6.02. The third kappa shape index (κ3) is 1.59. The van der Waals surface area contributed by atoms with Crippen LogP contribution in [-0.2, 0) is 10.4 Å². The van der Waals surface area contributed by atoms with E-state index in [1.165, 1.54) is 6.07 Å². The van der Waals surface area contributed by atoms with Gasteiger partial charge in [0.2, 0.25) is 5.91 Å². The monoisotopic (exact) mass is 223 g/mol. The molecule has 2 N–H and O–H groups in total. The minimum atomic E-state index is -1.11. The molecule has 1 atom stereocenters. The van der Waals surface area contributed by atoms with E-state index in [1.54, 1.807) is 26.8 Å². The van der Waals surface area contributed by atoms with Crippen LogP contribution in [0, 0.1) is 5.82 Å². The minimum absolute atomic E-state index is 0.207. The zero-order valence-corrected chi connectivity index (χ0v) is 9.47. The molecule has 1 amide bonds. The lowest BCUT2D eigenvalue weighted by atomic mass is 9.92. The van der Waals surface area contributed by atoms with Crippen molar-refractivity contribution in [2.24, 2.45) is 0 Å². The van der Waals surface area contributed by atoms with Gasteiger partial charge in [-0.05, 0) is 44.0 Å². The number of carbonyl (C=O) groups is 1. The number of carbonyl (C=O) groups excluding carboxylic acids is 1. The van der Waals surface area contributed by atoms with E-state index in [2.05, 4.69) is 5.32 Å². The molecule has 0 aromatic heterocycles. The fourth-order valence-electron chi connectivity index (χ4n) is 1.83. The second-order valence-electron chi connectivity index (χ2n) is 4.69. The van der Waals surface area contributed by atoms with E-state index in [1.807, 2.05) is 0 Å². The van der Waals surface area contributed by atoms with Gasteiger partial charge in [0.15, 0.2) is 0 Å². The number of fused-ring (bicyclic) bond motifs is 1. The molecule has 0 bridgehead atoms. The van der Waals surface area contributed by atoms with E-state index in [0.717, 1.165) is 0 Å². The van der Waals surface area contributed by atoms with Gasteiger partial charge in [-0.25, -0.2) is 4.39 Å². The van der Waals surface area contributed by atoms with Crippen LogP contribution in [0.25, 0.3) is 0 Å². The molecule has 86 valence electrons. The molecule has 1 heterocycles. The van der Waals surface area contributed by atoms with Crippen LogP contribution in [0.15, 0.2) is 12.1 Å². The van der Waals surface area contributed by atoms with Gasteiger partial charge < -0.3 is 10.4 Å². The van der Waals surface area contributed by atoms with E-state index >= 15 is 0 Å². The summed E-state index contributed by atoms with van der Waals surface area (Å²) in [6.07, 6.45) is 0. The van der Waals surface area contributed by atoms with Crippen LogP contribution >= 0.6 is 0 Å². The number of rotatable bonds is 1. The second-order valence-corrected chi connectivity index (χ2v) is 4.69. The molecule has 16 heavy (non-hydrogen) atoms. The second kappa shape index (κ2) is 3.28. The molecule has 2 rings (SSSR count). The lowest BCUT2D eigenvalue weighted by Crippen LogP contribution is -2.16. The largest absolute Gasteiger partial charge is 0.386 e. The Balaban J connectivity index is 2.60. The van der Waals surface area contributed by atoms with Gasteiger partial charge in [0, 0.05) is 0 Å². The number of nitrogens with one attached hydrogen (secondary N) is 1. The van der Waals surface area contributed by atoms with Gasteiger partial charge in [-0.15, -0.1) is 0 Å². The summed E-state index contributed by atoms with van der Waals surface area (Å²) in [4.78, 5) is 11.4. The molecule has 1 aromatic carbocycles. The van der Waals surface area contributed by atoms with Gasteiger partial charge in [-0.1, -0.05) is 0 Å². The Bertz CT molecular complexity index is 463. The average molecular weight is 223 g/mol. The van der Waals surface area contributed by atoms with Crippen LogP contribution in [-0.4, -0.2) is 11.0 Å². The van der Waals surface area contributed by atoms with Gasteiger partial charge in [0.25, 0.3) is 0 Å². The fourth-order valence-corrected chi connectivity index (χ4v) is 1.83. The van der Waals surface area contributed by atoms with E-state index in [-0.39, 0.29) is 17.5 Å². The molecule has 1 aliphatic heterocycles. The van der Waals surface area contributed by atoms with Crippen LogP contribution in [0.3, 0.4) is 0 Å².